The molecule has 0 radical (unpaired) electrons. The smallest absolute Gasteiger partial charge is 0.143 e. The zero-order valence-electron chi connectivity index (χ0n) is 12.1. The van der Waals surface area contributed by atoms with Gasteiger partial charge in [-0.05, 0) is 17.9 Å². The van der Waals surface area contributed by atoms with Crippen LogP contribution >= 0.6 is 11.9 Å². The van der Waals surface area contributed by atoms with Gasteiger partial charge in [-0.3, -0.25) is 0 Å². The lowest BCUT2D eigenvalue weighted by atomic mass is 9.93. The van der Waals surface area contributed by atoms with Crippen LogP contribution in [0.25, 0.3) is 0 Å². The summed E-state index contributed by atoms with van der Waals surface area (Å²) in [5.74, 6) is 2.46. The van der Waals surface area contributed by atoms with E-state index in [2.05, 4.69) is 35.0 Å². The zero-order chi connectivity index (χ0) is 13.5. The molecular formula is C14H25N3S. The Balaban J connectivity index is 0.000000771. The van der Waals surface area contributed by atoms with Crippen LogP contribution in [-0.4, -0.2) is 26.1 Å². The summed E-state index contributed by atoms with van der Waals surface area (Å²) in [6.45, 7) is 13.0. The van der Waals surface area contributed by atoms with Crippen LogP contribution in [0.3, 0.4) is 0 Å². The maximum absolute atomic E-state index is 4.27. The van der Waals surface area contributed by atoms with Crippen molar-refractivity contribution in [2.45, 2.75) is 46.4 Å². The molecule has 2 atom stereocenters. The third-order valence-corrected chi connectivity index (χ3v) is 4.38. The van der Waals surface area contributed by atoms with Crippen LogP contribution in [-0.2, 0) is 6.54 Å². The molecular weight excluding hydrogens is 242 g/mol. The minimum absolute atomic E-state index is 0.712. The van der Waals surface area contributed by atoms with E-state index in [-0.39, 0.29) is 0 Å². The van der Waals surface area contributed by atoms with E-state index in [4.69, 9.17) is 0 Å². The predicted octanol–water partition coefficient (Wildman–Crippen LogP) is 3.63. The van der Waals surface area contributed by atoms with Gasteiger partial charge < -0.3 is 0 Å². The molecule has 0 aliphatic carbocycles. The number of hydrogen-bond donors (Lipinski definition) is 0. The number of nitrogens with zero attached hydrogens (tertiary/aromatic N) is 3. The van der Waals surface area contributed by atoms with Crippen molar-refractivity contribution < 1.29 is 0 Å². The molecule has 0 amide bonds. The Morgan fingerprint density at radius 2 is 1.94 bits per heavy atom. The second kappa shape index (κ2) is 7.74. The maximum atomic E-state index is 4.27. The minimum atomic E-state index is 0.712. The van der Waals surface area contributed by atoms with Crippen molar-refractivity contribution in [3.63, 3.8) is 0 Å². The van der Waals surface area contributed by atoms with Crippen LogP contribution in [0.5, 0.6) is 0 Å². The molecule has 1 aromatic rings. The van der Waals surface area contributed by atoms with E-state index in [1.807, 2.05) is 44.3 Å². The van der Waals surface area contributed by atoms with Crippen molar-refractivity contribution in [3.8, 4) is 0 Å². The number of rotatable bonds is 3. The Labute approximate surface area is 116 Å². The lowest BCUT2D eigenvalue weighted by molar-refractivity contribution is 0.327. The molecule has 0 spiro atoms. The molecule has 18 heavy (non-hydrogen) atoms. The minimum Gasteiger partial charge on any atom is -0.242 e. The molecule has 2 unspecified atom stereocenters. The van der Waals surface area contributed by atoms with Gasteiger partial charge in [0, 0.05) is 24.2 Å². The lowest BCUT2D eigenvalue weighted by Crippen LogP contribution is -2.21. The molecule has 0 bridgehead atoms. The fourth-order valence-corrected chi connectivity index (χ4v) is 3.64. The normalized spacial score (nSPS) is 23.9. The quantitative estimate of drug-likeness (QED) is 0.782. The van der Waals surface area contributed by atoms with E-state index in [0.717, 1.165) is 30.7 Å². The summed E-state index contributed by atoms with van der Waals surface area (Å²) in [5.41, 5.74) is 0. The fraction of sp³-hybridized carbons (Fsp3) is 0.714. The Hall–Kier alpha value is -0.610. The van der Waals surface area contributed by atoms with E-state index in [1.54, 1.807) is 0 Å². The van der Waals surface area contributed by atoms with Gasteiger partial charge >= 0.3 is 0 Å². The molecule has 2 rings (SSSR count). The van der Waals surface area contributed by atoms with E-state index < -0.39 is 0 Å². The molecule has 1 fully saturated rings. The molecule has 1 saturated heterocycles. The zero-order valence-corrected chi connectivity index (χ0v) is 12.9. The molecule has 2 heterocycles. The predicted molar refractivity (Wildman–Crippen MR) is 79.2 cm³/mol. The molecule has 1 aliphatic rings. The van der Waals surface area contributed by atoms with E-state index in [0.29, 0.717) is 5.25 Å². The maximum Gasteiger partial charge on any atom is 0.143 e. The van der Waals surface area contributed by atoms with Crippen molar-refractivity contribution in [2.24, 2.45) is 11.8 Å². The molecule has 3 nitrogen and oxygen atoms in total. The van der Waals surface area contributed by atoms with Gasteiger partial charge in [0.25, 0.3) is 0 Å². The first-order valence-electron chi connectivity index (χ1n) is 6.84. The van der Waals surface area contributed by atoms with Crippen LogP contribution in [0.2, 0.25) is 0 Å². The van der Waals surface area contributed by atoms with Crippen molar-refractivity contribution in [2.75, 3.05) is 6.54 Å². The Kier molecular flexibility index (Phi) is 6.65. The molecule has 1 aliphatic heterocycles. The fourth-order valence-electron chi connectivity index (χ4n) is 2.16. The molecule has 4 heteroatoms. The van der Waals surface area contributed by atoms with Crippen LogP contribution in [0.1, 0.15) is 40.4 Å². The highest BCUT2D eigenvalue weighted by molar-refractivity contribution is 7.97. The number of aromatic nitrogens is 2. The highest BCUT2D eigenvalue weighted by Crippen LogP contribution is 2.37. The van der Waals surface area contributed by atoms with Gasteiger partial charge in [-0.25, -0.2) is 14.3 Å². The summed E-state index contributed by atoms with van der Waals surface area (Å²) >= 11 is 1.95. The van der Waals surface area contributed by atoms with Gasteiger partial charge in [0.15, 0.2) is 0 Å². The summed E-state index contributed by atoms with van der Waals surface area (Å²) in [7, 11) is 0. The molecule has 1 aromatic heterocycles. The largest absolute Gasteiger partial charge is 0.242 e. The SMILES string of the molecule is CC.CC(C)C1CN(Cc2ncccn2)SC1C. The van der Waals surface area contributed by atoms with E-state index in [1.165, 1.54) is 0 Å². The summed E-state index contributed by atoms with van der Waals surface area (Å²) in [6, 6.07) is 1.86. The second-order valence-corrected chi connectivity index (χ2v) is 6.18. The van der Waals surface area contributed by atoms with Crippen LogP contribution in [0, 0.1) is 11.8 Å². The van der Waals surface area contributed by atoms with Crippen molar-refractivity contribution in [3.05, 3.63) is 24.3 Å². The van der Waals surface area contributed by atoms with Crippen LogP contribution in [0.15, 0.2) is 18.5 Å². The van der Waals surface area contributed by atoms with Gasteiger partial charge in [-0.15, -0.1) is 0 Å². The van der Waals surface area contributed by atoms with E-state index in [9.17, 15) is 0 Å². The molecule has 0 N–H and O–H groups in total. The van der Waals surface area contributed by atoms with Gasteiger partial charge in [0.1, 0.15) is 5.82 Å². The lowest BCUT2D eigenvalue weighted by Gasteiger charge is -2.17. The number of hydrogen-bond acceptors (Lipinski definition) is 4. The monoisotopic (exact) mass is 267 g/mol. The summed E-state index contributed by atoms with van der Waals surface area (Å²) in [6.07, 6.45) is 3.62. The Morgan fingerprint density at radius 1 is 1.33 bits per heavy atom. The first kappa shape index (κ1) is 15.4. The standard InChI is InChI=1S/C12H19N3S.C2H6/c1-9(2)11-7-15(16-10(11)3)8-12-13-5-4-6-14-12;1-2/h4-6,9-11H,7-8H2,1-3H3;1-2H3. The van der Waals surface area contributed by atoms with Crippen LogP contribution < -0.4 is 0 Å². The first-order valence-corrected chi connectivity index (χ1v) is 7.68. The summed E-state index contributed by atoms with van der Waals surface area (Å²) < 4.78 is 2.39. The first-order chi connectivity index (χ1) is 8.66. The van der Waals surface area contributed by atoms with Crippen LogP contribution in [0.4, 0.5) is 0 Å². The van der Waals surface area contributed by atoms with Crippen molar-refractivity contribution in [1.82, 2.24) is 14.3 Å². The molecule has 0 aromatic carbocycles. The van der Waals surface area contributed by atoms with Gasteiger partial charge in [0.2, 0.25) is 0 Å². The highest BCUT2D eigenvalue weighted by atomic mass is 32.2. The van der Waals surface area contributed by atoms with Crippen molar-refractivity contribution in [1.29, 1.82) is 0 Å². The molecule has 102 valence electrons. The van der Waals surface area contributed by atoms with E-state index >= 15 is 0 Å². The van der Waals surface area contributed by atoms with Crippen molar-refractivity contribution >= 4 is 11.9 Å². The van der Waals surface area contributed by atoms with Gasteiger partial charge in [-0.1, -0.05) is 46.6 Å². The average molecular weight is 267 g/mol. The highest BCUT2D eigenvalue weighted by Gasteiger charge is 2.32. The van der Waals surface area contributed by atoms with Gasteiger partial charge in [0.05, 0.1) is 6.54 Å². The Morgan fingerprint density at radius 3 is 2.44 bits per heavy atom. The average Bonchev–Trinajstić information content (AvgIpc) is 2.74. The summed E-state index contributed by atoms with van der Waals surface area (Å²) in [4.78, 5) is 8.54. The van der Waals surface area contributed by atoms with Gasteiger partial charge in [-0.2, -0.15) is 0 Å². The second-order valence-electron chi connectivity index (χ2n) is 4.71. The topological polar surface area (TPSA) is 29.0 Å². The third kappa shape index (κ3) is 4.25. The summed E-state index contributed by atoms with van der Waals surface area (Å²) in [5, 5.41) is 0.712. The third-order valence-electron chi connectivity index (χ3n) is 3.13. The molecule has 0 saturated carbocycles. The Bertz CT molecular complexity index is 329.